The molecule has 0 spiro atoms. The van der Waals surface area contributed by atoms with Crippen LogP contribution in [0.4, 0.5) is 5.95 Å². The number of anilines is 1. The summed E-state index contributed by atoms with van der Waals surface area (Å²) in [5.41, 5.74) is 6.67. The molecule has 9 heteroatoms. The molecule has 0 aliphatic heterocycles. The maximum absolute atomic E-state index is 10.6. The molecule has 0 saturated heterocycles. The fourth-order valence-corrected chi connectivity index (χ4v) is 2.89. The highest BCUT2D eigenvalue weighted by molar-refractivity contribution is 7.99. The first-order chi connectivity index (χ1) is 9.97. The van der Waals surface area contributed by atoms with Gasteiger partial charge < -0.3 is 10.8 Å². The van der Waals surface area contributed by atoms with Gasteiger partial charge in [0.1, 0.15) is 0 Å². The molecule has 0 atom stereocenters. The van der Waals surface area contributed by atoms with E-state index in [9.17, 15) is 4.79 Å². The molecule has 2 rings (SSSR count). The third-order valence-corrected chi connectivity index (χ3v) is 4.23. The van der Waals surface area contributed by atoms with Gasteiger partial charge in [-0.05, 0) is 24.1 Å². The van der Waals surface area contributed by atoms with Crippen LogP contribution in [0, 0.1) is 0 Å². The lowest BCUT2D eigenvalue weighted by Crippen LogP contribution is -2.08. The molecule has 112 valence electrons. The number of carbonyl (C=O) groups is 1. The van der Waals surface area contributed by atoms with E-state index >= 15 is 0 Å². The minimum Gasteiger partial charge on any atom is -0.481 e. The Hall–Kier alpha value is -1.44. The zero-order valence-electron chi connectivity index (χ0n) is 10.8. The number of benzene rings is 1. The topological polar surface area (TPSA) is 94.0 Å². The van der Waals surface area contributed by atoms with E-state index in [-0.39, 0.29) is 11.7 Å². The molecule has 6 nitrogen and oxygen atoms in total. The van der Waals surface area contributed by atoms with Crippen LogP contribution >= 0.6 is 35.0 Å². The standard InChI is InChI=1S/C12H12Cl2N4O2S/c13-8-2-1-7(9(14)5-8)3-4-18-11(15)16-17-12(18)21-6-10(19)20/h1-2,5H,3-4,6H2,(H2,15,16)(H,19,20). The monoisotopic (exact) mass is 346 g/mol. The van der Waals surface area contributed by atoms with Crippen LogP contribution in [0.25, 0.3) is 0 Å². The molecule has 0 amide bonds. The van der Waals surface area contributed by atoms with E-state index < -0.39 is 5.97 Å². The molecule has 1 aromatic heterocycles. The SMILES string of the molecule is Nc1nnc(SCC(=O)O)n1CCc1ccc(Cl)cc1Cl. The predicted molar refractivity (Wildman–Crippen MR) is 83.0 cm³/mol. The van der Waals surface area contributed by atoms with Crippen molar-refractivity contribution in [2.45, 2.75) is 18.1 Å². The maximum Gasteiger partial charge on any atom is 0.313 e. The van der Waals surface area contributed by atoms with Crippen LogP contribution in [0.5, 0.6) is 0 Å². The summed E-state index contributed by atoms with van der Waals surface area (Å²) in [6.07, 6.45) is 0.610. The second kappa shape index (κ2) is 7.02. The zero-order valence-corrected chi connectivity index (χ0v) is 13.1. The van der Waals surface area contributed by atoms with Gasteiger partial charge in [0.15, 0.2) is 5.16 Å². The number of carboxylic acid groups (broad SMARTS) is 1. The van der Waals surface area contributed by atoms with Crippen LogP contribution in [-0.4, -0.2) is 31.6 Å². The van der Waals surface area contributed by atoms with Crippen molar-refractivity contribution >= 4 is 46.9 Å². The maximum atomic E-state index is 10.6. The van der Waals surface area contributed by atoms with Gasteiger partial charge in [-0.15, -0.1) is 10.2 Å². The van der Waals surface area contributed by atoms with Gasteiger partial charge in [0.05, 0.1) is 5.75 Å². The van der Waals surface area contributed by atoms with Crippen molar-refractivity contribution in [2.75, 3.05) is 11.5 Å². The number of hydrogen-bond acceptors (Lipinski definition) is 5. The molecule has 0 bridgehead atoms. The summed E-state index contributed by atoms with van der Waals surface area (Å²) >= 11 is 13.0. The number of rotatable bonds is 6. The van der Waals surface area contributed by atoms with Crippen LogP contribution in [0.15, 0.2) is 23.4 Å². The van der Waals surface area contributed by atoms with Crippen molar-refractivity contribution < 1.29 is 9.90 Å². The number of halogens is 2. The Kier molecular flexibility index (Phi) is 5.33. The lowest BCUT2D eigenvalue weighted by molar-refractivity contribution is -0.133. The minimum atomic E-state index is -0.922. The normalized spacial score (nSPS) is 10.8. The predicted octanol–water partition coefficient (Wildman–Crippen LogP) is 2.59. The van der Waals surface area contributed by atoms with E-state index in [4.69, 9.17) is 34.0 Å². The molecule has 2 aromatic rings. The summed E-state index contributed by atoms with van der Waals surface area (Å²) in [6, 6.07) is 5.28. The molecule has 0 aliphatic carbocycles. The Bertz CT molecular complexity index is 663. The number of nitrogen functional groups attached to an aromatic ring is 1. The zero-order chi connectivity index (χ0) is 15.4. The van der Waals surface area contributed by atoms with Gasteiger partial charge in [0.2, 0.25) is 5.95 Å². The molecule has 21 heavy (non-hydrogen) atoms. The first-order valence-corrected chi connectivity index (χ1v) is 7.68. The molecule has 1 aromatic carbocycles. The summed E-state index contributed by atoms with van der Waals surface area (Å²) < 4.78 is 1.67. The van der Waals surface area contributed by atoms with Gasteiger partial charge in [-0.1, -0.05) is 41.0 Å². The highest BCUT2D eigenvalue weighted by atomic mass is 35.5. The number of aliphatic carboxylic acids is 1. The number of hydrogen-bond donors (Lipinski definition) is 2. The summed E-state index contributed by atoms with van der Waals surface area (Å²) in [5.74, 6) is -0.776. The van der Waals surface area contributed by atoms with Crippen LogP contribution < -0.4 is 5.73 Å². The fourth-order valence-electron chi connectivity index (χ4n) is 1.70. The van der Waals surface area contributed by atoms with Crippen LogP contribution in [0.3, 0.4) is 0 Å². The van der Waals surface area contributed by atoms with Gasteiger partial charge in [0, 0.05) is 16.6 Å². The van der Waals surface area contributed by atoms with E-state index in [2.05, 4.69) is 10.2 Å². The summed E-state index contributed by atoms with van der Waals surface area (Å²) in [6.45, 7) is 0.502. The van der Waals surface area contributed by atoms with E-state index in [1.165, 1.54) is 0 Å². The molecular formula is C12H12Cl2N4O2S. The van der Waals surface area contributed by atoms with Crippen LogP contribution in [-0.2, 0) is 17.8 Å². The van der Waals surface area contributed by atoms with Crippen molar-refractivity contribution in [3.63, 3.8) is 0 Å². The number of aryl methyl sites for hydroxylation is 1. The Morgan fingerprint density at radius 3 is 2.81 bits per heavy atom. The highest BCUT2D eigenvalue weighted by Crippen LogP contribution is 2.23. The molecule has 0 aliphatic rings. The third kappa shape index (κ3) is 4.26. The van der Waals surface area contributed by atoms with Gasteiger partial charge in [-0.25, -0.2) is 0 Å². The fraction of sp³-hybridized carbons (Fsp3) is 0.250. The average Bonchev–Trinajstić information content (AvgIpc) is 2.76. The van der Waals surface area contributed by atoms with Crippen molar-refractivity contribution in [3.8, 4) is 0 Å². The molecular weight excluding hydrogens is 335 g/mol. The van der Waals surface area contributed by atoms with Crippen molar-refractivity contribution in [1.29, 1.82) is 0 Å². The lowest BCUT2D eigenvalue weighted by Gasteiger charge is -2.09. The van der Waals surface area contributed by atoms with E-state index in [1.54, 1.807) is 16.7 Å². The quantitative estimate of drug-likeness (QED) is 0.780. The summed E-state index contributed by atoms with van der Waals surface area (Å²) in [7, 11) is 0. The van der Waals surface area contributed by atoms with Crippen molar-refractivity contribution in [3.05, 3.63) is 33.8 Å². The summed E-state index contributed by atoms with van der Waals surface area (Å²) in [5, 5.41) is 18.0. The second-order valence-electron chi connectivity index (χ2n) is 4.16. The third-order valence-electron chi connectivity index (χ3n) is 2.69. The Morgan fingerprint density at radius 1 is 1.38 bits per heavy atom. The molecule has 0 saturated carbocycles. The molecule has 0 fully saturated rings. The first-order valence-electron chi connectivity index (χ1n) is 5.94. The number of nitrogens with zero attached hydrogens (tertiary/aromatic N) is 3. The number of aromatic nitrogens is 3. The van der Waals surface area contributed by atoms with Crippen LogP contribution in [0.1, 0.15) is 5.56 Å². The first kappa shape index (κ1) is 15.9. The van der Waals surface area contributed by atoms with Crippen molar-refractivity contribution in [1.82, 2.24) is 14.8 Å². The molecule has 3 N–H and O–H groups in total. The van der Waals surface area contributed by atoms with E-state index in [0.29, 0.717) is 28.2 Å². The van der Waals surface area contributed by atoms with Gasteiger partial charge in [-0.2, -0.15) is 0 Å². The lowest BCUT2D eigenvalue weighted by atomic mass is 10.1. The van der Waals surface area contributed by atoms with Gasteiger partial charge in [-0.3, -0.25) is 9.36 Å². The largest absolute Gasteiger partial charge is 0.481 e. The highest BCUT2D eigenvalue weighted by Gasteiger charge is 2.12. The Balaban J connectivity index is 2.08. The Labute approximate surface area is 135 Å². The minimum absolute atomic E-state index is 0.0974. The Morgan fingerprint density at radius 2 is 2.14 bits per heavy atom. The molecule has 1 heterocycles. The van der Waals surface area contributed by atoms with E-state index in [1.807, 2.05) is 6.07 Å². The molecule has 0 radical (unpaired) electrons. The number of carboxylic acids is 1. The van der Waals surface area contributed by atoms with E-state index in [0.717, 1.165) is 17.3 Å². The number of thioether (sulfide) groups is 1. The van der Waals surface area contributed by atoms with Crippen LogP contribution in [0.2, 0.25) is 10.0 Å². The summed E-state index contributed by atoms with van der Waals surface area (Å²) in [4.78, 5) is 10.6. The van der Waals surface area contributed by atoms with Gasteiger partial charge >= 0.3 is 5.97 Å². The van der Waals surface area contributed by atoms with Gasteiger partial charge in [0.25, 0.3) is 0 Å². The average molecular weight is 347 g/mol. The smallest absolute Gasteiger partial charge is 0.313 e. The van der Waals surface area contributed by atoms with Crippen molar-refractivity contribution in [2.24, 2.45) is 0 Å². The second-order valence-corrected chi connectivity index (χ2v) is 5.95. The molecule has 0 unspecified atom stereocenters. The number of nitrogens with two attached hydrogens (primary N) is 1.